The predicted molar refractivity (Wildman–Crippen MR) is 95.9 cm³/mol. The van der Waals surface area contributed by atoms with Crippen LogP contribution in [0.4, 0.5) is 4.79 Å². The van der Waals surface area contributed by atoms with Gasteiger partial charge in [0.1, 0.15) is 12.2 Å². The number of hydrogen-bond donors (Lipinski definition) is 3. The summed E-state index contributed by atoms with van der Waals surface area (Å²) in [6.45, 7) is 7.95. The minimum absolute atomic E-state index is 0.0127. The van der Waals surface area contributed by atoms with Crippen molar-refractivity contribution >= 4 is 12.6 Å². The molecule has 0 aliphatic carbocycles. The highest BCUT2D eigenvalue weighted by Crippen LogP contribution is 2.08. The highest BCUT2D eigenvalue weighted by molar-refractivity contribution is 5.68. The number of nitrogens with one attached hydrogen (secondary N) is 2. The maximum Gasteiger partial charge on any atom is 0.407 e. The molecule has 0 spiro atoms. The normalized spacial score (nSPS) is 19.8. The van der Waals surface area contributed by atoms with Crippen molar-refractivity contribution in [3.8, 4) is 0 Å². The molecule has 7 nitrogen and oxygen atoms in total. The van der Waals surface area contributed by atoms with Gasteiger partial charge in [-0.25, -0.2) is 4.79 Å². The first-order valence-electron chi connectivity index (χ1n) is 8.37. The van der Waals surface area contributed by atoms with E-state index in [4.69, 9.17) is 10.5 Å². The van der Waals surface area contributed by atoms with Gasteiger partial charge in [-0.3, -0.25) is 4.79 Å². The van der Waals surface area contributed by atoms with Gasteiger partial charge in [-0.05, 0) is 39.3 Å². The van der Waals surface area contributed by atoms with E-state index in [1.165, 1.54) is 0 Å². The van der Waals surface area contributed by atoms with Gasteiger partial charge in [0.05, 0.1) is 6.04 Å². The number of piperidine rings is 1. The SMILES string of the molecule is CC(C)(C)OC(=O)N[C@@H]1CNCC[C@@H]1N.O=COCc1ccccc1. The Balaban J connectivity index is 0.000000271. The molecule has 7 heteroatoms. The molecule has 1 aliphatic heterocycles. The highest BCUT2D eigenvalue weighted by Gasteiger charge is 2.25. The fraction of sp³-hybridized carbons (Fsp3) is 0.556. The summed E-state index contributed by atoms with van der Waals surface area (Å²) in [6, 6.07) is 9.53. The number of alkyl carbamates (subject to hydrolysis) is 1. The van der Waals surface area contributed by atoms with Crippen LogP contribution in [0, 0.1) is 0 Å². The minimum atomic E-state index is -0.462. The summed E-state index contributed by atoms with van der Waals surface area (Å²) >= 11 is 0. The van der Waals surface area contributed by atoms with Gasteiger partial charge in [0.2, 0.25) is 0 Å². The van der Waals surface area contributed by atoms with Crippen LogP contribution >= 0.6 is 0 Å². The van der Waals surface area contributed by atoms with Crippen LogP contribution in [0.25, 0.3) is 0 Å². The smallest absolute Gasteiger partial charge is 0.407 e. The van der Waals surface area contributed by atoms with Crippen LogP contribution in [-0.4, -0.2) is 43.3 Å². The average Bonchev–Trinajstić information content (AvgIpc) is 2.55. The molecule has 1 aromatic carbocycles. The Bertz CT molecular complexity index is 517. The molecule has 2 rings (SSSR count). The summed E-state index contributed by atoms with van der Waals surface area (Å²) in [4.78, 5) is 21.2. The second kappa shape index (κ2) is 10.7. The van der Waals surface area contributed by atoms with E-state index in [0.717, 1.165) is 18.5 Å². The molecule has 1 aromatic rings. The number of benzene rings is 1. The number of nitrogens with two attached hydrogens (primary N) is 1. The first kappa shape index (κ1) is 20.9. The number of amides is 1. The maximum absolute atomic E-state index is 11.5. The Kier molecular flexibility index (Phi) is 8.94. The summed E-state index contributed by atoms with van der Waals surface area (Å²) in [7, 11) is 0. The standard InChI is InChI=1S/C10H21N3O2.C8H8O2/c1-10(2,3)15-9(14)13-8-6-12-5-4-7(8)11;9-7-10-6-8-4-2-1-3-5-8/h7-8,12H,4-6,11H2,1-3H3,(H,13,14);1-5,7H,6H2/t7-,8+;/m0./s1. The Morgan fingerprint density at radius 3 is 2.60 bits per heavy atom. The molecular weight excluding hydrogens is 322 g/mol. The quantitative estimate of drug-likeness (QED) is 0.712. The van der Waals surface area contributed by atoms with Crippen LogP contribution in [0.15, 0.2) is 30.3 Å². The topological polar surface area (TPSA) is 103 Å². The Morgan fingerprint density at radius 2 is 2.04 bits per heavy atom. The van der Waals surface area contributed by atoms with Crippen molar-refractivity contribution in [2.45, 2.75) is 51.5 Å². The van der Waals surface area contributed by atoms with Gasteiger partial charge in [0.25, 0.3) is 6.47 Å². The molecule has 1 saturated heterocycles. The lowest BCUT2D eigenvalue weighted by atomic mass is 10.0. The van der Waals surface area contributed by atoms with E-state index in [2.05, 4.69) is 15.4 Å². The molecule has 1 amide bonds. The summed E-state index contributed by atoms with van der Waals surface area (Å²) in [5.74, 6) is 0. The van der Waals surface area contributed by atoms with Crippen molar-refractivity contribution in [1.29, 1.82) is 0 Å². The Morgan fingerprint density at radius 1 is 1.36 bits per heavy atom. The van der Waals surface area contributed by atoms with Gasteiger partial charge >= 0.3 is 6.09 Å². The van der Waals surface area contributed by atoms with E-state index < -0.39 is 11.7 Å². The number of carbonyl (C=O) groups excluding carboxylic acids is 2. The zero-order valence-corrected chi connectivity index (χ0v) is 15.2. The molecule has 4 N–H and O–H groups in total. The summed E-state index contributed by atoms with van der Waals surface area (Å²) in [5, 5.41) is 5.96. The molecule has 0 bridgehead atoms. The first-order chi connectivity index (χ1) is 11.8. The Labute approximate surface area is 149 Å². The average molecular weight is 351 g/mol. The van der Waals surface area contributed by atoms with E-state index in [0.29, 0.717) is 19.6 Å². The summed E-state index contributed by atoms with van der Waals surface area (Å²) in [6.07, 6.45) is 0.479. The van der Waals surface area contributed by atoms with Gasteiger partial charge in [0.15, 0.2) is 0 Å². The number of ether oxygens (including phenoxy) is 2. The van der Waals surface area contributed by atoms with Gasteiger partial charge in [0, 0.05) is 12.6 Å². The van der Waals surface area contributed by atoms with Crippen LogP contribution in [0.2, 0.25) is 0 Å². The molecule has 25 heavy (non-hydrogen) atoms. The zero-order valence-electron chi connectivity index (χ0n) is 15.2. The molecule has 0 unspecified atom stereocenters. The van der Waals surface area contributed by atoms with E-state index in [1.54, 1.807) is 0 Å². The number of hydrogen-bond acceptors (Lipinski definition) is 6. The van der Waals surface area contributed by atoms with Crippen molar-refractivity contribution in [2.75, 3.05) is 13.1 Å². The van der Waals surface area contributed by atoms with Gasteiger partial charge in [-0.15, -0.1) is 0 Å². The Hall–Kier alpha value is -2.12. The molecule has 1 aliphatic rings. The van der Waals surface area contributed by atoms with E-state index in [9.17, 15) is 9.59 Å². The first-order valence-corrected chi connectivity index (χ1v) is 8.37. The molecule has 1 fully saturated rings. The van der Waals surface area contributed by atoms with Gasteiger partial charge in [-0.2, -0.15) is 0 Å². The molecule has 0 radical (unpaired) electrons. The fourth-order valence-corrected chi connectivity index (χ4v) is 2.20. The van der Waals surface area contributed by atoms with Crippen LogP contribution in [0.5, 0.6) is 0 Å². The van der Waals surface area contributed by atoms with Crippen LogP contribution in [0.1, 0.15) is 32.8 Å². The van der Waals surface area contributed by atoms with E-state index in [-0.39, 0.29) is 12.1 Å². The second-order valence-corrected chi connectivity index (χ2v) is 6.80. The van der Waals surface area contributed by atoms with Crippen molar-refractivity contribution in [3.05, 3.63) is 35.9 Å². The number of rotatable bonds is 4. The van der Waals surface area contributed by atoms with E-state index in [1.807, 2.05) is 51.1 Å². The van der Waals surface area contributed by atoms with Crippen molar-refractivity contribution in [1.82, 2.24) is 10.6 Å². The van der Waals surface area contributed by atoms with Crippen molar-refractivity contribution < 1.29 is 19.1 Å². The lowest BCUT2D eigenvalue weighted by molar-refractivity contribution is -0.129. The van der Waals surface area contributed by atoms with Crippen LogP contribution in [-0.2, 0) is 20.9 Å². The molecule has 0 aromatic heterocycles. The maximum atomic E-state index is 11.5. The van der Waals surface area contributed by atoms with Gasteiger partial charge in [-0.1, -0.05) is 30.3 Å². The summed E-state index contributed by atoms with van der Waals surface area (Å²) < 4.78 is 9.69. The fourth-order valence-electron chi connectivity index (χ4n) is 2.20. The molecule has 0 saturated carbocycles. The van der Waals surface area contributed by atoms with Crippen molar-refractivity contribution in [2.24, 2.45) is 5.73 Å². The molecule has 140 valence electrons. The highest BCUT2D eigenvalue weighted by atomic mass is 16.6. The third kappa shape index (κ3) is 9.69. The predicted octanol–water partition coefficient (Wildman–Crippen LogP) is 1.56. The van der Waals surface area contributed by atoms with Crippen LogP contribution < -0.4 is 16.4 Å². The third-order valence-corrected chi connectivity index (χ3v) is 3.40. The van der Waals surface area contributed by atoms with Crippen molar-refractivity contribution in [3.63, 3.8) is 0 Å². The minimum Gasteiger partial charge on any atom is -0.463 e. The monoisotopic (exact) mass is 351 g/mol. The molecule has 2 atom stereocenters. The third-order valence-electron chi connectivity index (χ3n) is 3.40. The van der Waals surface area contributed by atoms with Gasteiger partial charge < -0.3 is 25.8 Å². The van der Waals surface area contributed by atoms with Crippen LogP contribution in [0.3, 0.4) is 0 Å². The van der Waals surface area contributed by atoms with E-state index >= 15 is 0 Å². The molecular formula is C18H29N3O4. The second-order valence-electron chi connectivity index (χ2n) is 6.80. The lowest BCUT2D eigenvalue weighted by Gasteiger charge is -2.31. The molecule has 1 heterocycles. The lowest BCUT2D eigenvalue weighted by Crippen LogP contribution is -2.57. The number of carbonyl (C=O) groups is 2. The zero-order chi connectivity index (χ0) is 18.7. The summed E-state index contributed by atoms with van der Waals surface area (Å²) in [5.41, 5.74) is 6.43. The largest absolute Gasteiger partial charge is 0.463 e.